The molecule has 0 amide bonds. The molecule has 0 fully saturated rings. The average Bonchev–Trinajstić information content (AvgIpc) is 2.94. The van der Waals surface area contributed by atoms with Gasteiger partial charge in [0.15, 0.2) is 0 Å². The lowest BCUT2D eigenvalue weighted by molar-refractivity contribution is 0.712. The topological polar surface area (TPSA) is 17.8 Å². The van der Waals surface area contributed by atoms with Crippen LogP contribution in [0.25, 0.3) is 0 Å². The van der Waals surface area contributed by atoms with Gasteiger partial charge in [0.05, 0.1) is 0 Å². The lowest BCUT2D eigenvalue weighted by atomic mass is 10.1. The summed E-state index contributed by atoms with van der Waals surface area (Å²) >= 11 is 0. The molecule has 2 aromatic carbocycles. The van der Waals surface area contributed by atoms with Crippen molar-refractivity contribution in [3.63, 3.8) is 0 Å². The van der Waals surface area contributed by atoms with Gasteiger partial charge in [-0.25, -0.2) is 4.98 Å². The molecule has 0 saturated heterocycles. The third-order valence-corrected chi connectivity index (χ3v) is 3.48. The molecule has 1 aromatic heterocycles. The van der Waals surface area contributed by atoms with Gasteiger partial charge in [-0.15, -0.1) is 0 Å². The normalized spacial score (nSPS) is 10.6. The van der Waals surface area contributed by atoms with Gasteiger partial charge in [-0.3, -0.25) is 0 Å². The number of benzene rings is 2. The van der Waals surface area contributed by atoms with Crippen LogP contribution in [0.5, 0.6) is 0 Å². The largest absolute Gasteiger partial charge is 0.331 e. The van der Waals surface area contributed by atoms with Gasteiger partial charge in [0.25, 0.3) is 0 Å². The Morgan fingerprint density at radius 1 is 0.750 bits per heavy atom. The highest BCUT2D eigenvalue weighted by Crippen LogP contribution is 2.09. The highest BCUT2D eigenvalue weighted by Gasteiger charge is 2.04. The minimum absolute atomic E-state index is 0.894. The van der Waals surface area contributed by atoms with Crippen LogP contribution in [0.2, 0.25) is 0 Å². The molecule has 20 heavy (non-hydrogen) atoms. The fourth-order valence-electron chi connectivity index (χ4n) is 2.39. The van der Waals surface area contributed by atoms with E-state index >= 15 is 0 Å². The molecular formula is C18H18N2. The lowest BCUT2D eigenvalue weighted by Gasteiger charge is -2.08. The van der Waals surface area contributed by atoms with Crippen LogP contribution in [-0.2, 0) is 19.4 Å². The Morgan fingerprint density at radius 3 is 2.10 bits per heavy atom. The van der Waals surface area contributed by atoms with Crippen LogP contribution in [0, 0.1) is 0 Å². The summed E-state index contributed by atoms with van der Waals surface area (Å²) in [4.78, 5) is 4.49. The van der Waals surface area contributed by atoms with Gasteiger partial charge < -0.3 is 4.57 Å². The summed E-state index contributed by atoms with van der Waals surface area (Å²) in [6, 6.07) is 21.1. The minimum Gasteiger partial charge on any atom is -0.331 e. The molecule has 100 valence electrons. The van der Waals surface area contributed by atoms with Crippen molar-refractivity contribution >= 4 is 0 Å². The number of imidazole rings is 1. The van der Waals surface area contributed by atoms with Crippen molar-refractivity contribution in [3.8, 4) is 0 Å². The molecule has 2 nitrogen and oxygen atoms in total. The molecule has 0 aliphatic rings. The monoisotopic (exact) mass is 262 g/mol. The third-order valence-electron chi connectivity index (χ3n) is 3.48. The Hall–Kier alpha value is -2.35. The van der Waals surface area contributed by atoms with Gasteiger partial charge in [-0.05, 0) is 17.5 Å². The van der Waals surface area contributed by atoms with E-state index in [4.69, 9.17) is 0 Å². The SMILES string of the molecule is c1ccc(CCc2nccn2Cc2ccccc2)cc1. The van der Waals surface area contributed by atoms with E-state index in [1.54, 1.807) is 0 Å². The predicted octanol–water partition coefficient (Wildman–Crippen LogP) is 3.72. The first-order valence-corrected chi connectivity index (χ1v) is 7.00. The van der Waals surface area contributed by atoms with Crippen molar-refractivity contribution in [2.45, 2.75) is 19.4 Å². The zero-order valence-corrected chi connectivity index (χ0v) is 11.4. The second kappa shape index (κ2) is 6.20. The fraction of sp³-hybridized carbons (Fsp3) is 0.167. The summed E-state index contributed by atoms with van der Waals surface area (Å²) in [5.41, 5.74) is 2.67. The summed E-state index contributed by atoms with van der Waals surface area (Å²) in [7, 11) is 0. The molecule has 0 N–H and O–H groups in total. The van der Waals surface area contributed by atoms with Crippen LogP contribution in [0.4, 0.5) is 0 Å². The van der Waals surface area contributed by atoms with E-state index in [-0.39, 0.29) is 0 Å². The van der Waals surface area contributed by atoms with Gasteiger partial charge >= 0.3 is 0 Å². The summed E-state index contributed by atoms with van der Waals surface area (Å²) in [6.07, 6.45) is 5.97. The van der Waals surface area contributed by atoms with Gasteiger partial charge in [0.2, 0.25) is 0 Å². The lowest BCUT2D eigenvalue weighted by Crippen LogP contribution is -2.05. The molecule has 3 rings (SSSR count). The van der Waals surface area contributed by atoms with Crippen LogP contribution >= 0.6 is 0 Å². The number of hydrogen-bond acceptors (Lipinski definition) is 1. The Morgan fingerprint density at radius 2 is 1.40 bits per heavy atom. The second-order valence-electron chi connectivity index (χ2n) is 4.94. The van der Waals surface area contributed by atoms with E-state index < -0.39 is 0 Å². The van der Waals surface area contributed by atoms with Crippen molar-refractivity contribution in [1.29, 1.82) is 0 Å². The van der Waals surface area contributed by atoms with Gasteiger partial charge in [0.1, 0.15) is 5.82 Å². The quantitative estimate of drug-likeness (QED) is 0.685. The molecule has 3 aromatic rings. The smallest absolute Gasteiger partial charge is 0.109 e. The van der Waals surface area contributed by atoms with Gasteiger partial charge in [0, 0.05) is 25.4 Å². The maximum Gasteiger partial charge on any atom is 0.109 e. The van der Waals surface area contributed by atoms with Crippen molar-refractivity contribution in [2.75, 3.05) is 0 Å². The molecule has 0 spiro atoms. The van der Waals surface area contributed by atoms with Crippen LogP contribution in [0.1, 0.15) is 17.0 Å². The molecule has 0 aliphatic carbocycles. The van der Waals surface area contributed by atoms with E-state index in [0.717, 1.165) is 25.2 Å². The first-order valence-electron chi connectivity index (χ1n) is 7.00. The Kier molecular flexibility index (Phi) is 3.93. The molecule has 0 bridgehead atoms. The van der Waals surface area contributed by atoms with Crippen LogP contribution in [0.15, 0.2) is 73.1 Å². The highest BCUT2D eigenvalue weighted by molar-refractivity contribution is 5.17. The minimum atomic E-state index is 0.894. The standard InChI is InChI=1S/C18H18N2/c1-3-7-16(8-4-1)11-12-18-19-13-14-20(18)15-17-9-5-2-6-10-17/h1-10,13-14H,11-12,15H2. The Bertz CT molecular complexity index is 641. The number of aromatic nitrogens is 2. The molecule has 0 atom stereocenters. The molecular weight excluding hydrogens is 244 g/mol. The van der Waals surface area contributed by atoms with E-state index in [2.05, 4.69) is 70.3 Å². The molecule has 0 radical (unpaired) electrons. The first kappa shape index (κ1) is 12.7. The summed E-state index contributed by atoms with van der Waals surface area (Å²) in [6.45, 7) is 0.894. The van der Waals surface area contributed by atoms with Crippen molar-refractivity contribution in [3.05, 3.63) is 90.0 Å². The number of hydrogen-bond donors (Lipinski definition) is 0. The van der Waals surface area contributed by atoms with Crippen LogP contribution in [-0.4, -0.2) is 9.55 Å². The van der Waals surface area contributed by atoms with E-state index in [1.165, 1.54) is 11.1 Å². The second-order valence-corrected chi connectivity index (χ2v) is 4.94. The van der Waals surface area contributed by atoms with Crippen molar-refractivity contribution in [2.24, 2.45) is 0 Å². The first-order chi connectivity index (χ1) is 9.92. The van der Waals surface area contributed by atoms with E-state index in [9.17, 15) is 0 Å². The molecule has 1 heterocycles. The molecule has 2 heteroatoms. The average molecular weight is 262 g/mol. The number of aryl methyl sites for hydroxylation is 2. The van der Waals surface area contributed by atoms with Crippen LogP contribution < -0.4 is 0 Å². The number of rotatable bonds is 5. The van der Waals surface area contributed by atoms with Gasteiger partial charge in [-0.2, -0.15) is 0 Å². The molecule has 0 aliphatic heterocycles. The third kappa shape index (κ3) is 3.15. The zero-order chi connectivity index (χ0) is 13.6. The zero-order valence-electron chi connectivity index (χ0n) is 11.4. The molecule has 0 unspecified atom stereocenters. The Balaban J connectivity index is 1.68. The van der Waals surface area contributed by atoms with E-state index in [1.807, 2.05) is 12.3 Å². The molecule has 0 saturated carbocycles. The number of nitrogens with zero attached hydrogens (tertiary/aromatic N) is 2. The maximum atomic E-state index is 4.49. The van der Waals surface area contributed by atoms with Gasteiger partial charge in [-0.1, -0.05) is 60.7 Å². The maximum absolute atomic E-state index is 4.49. The summed E-state index contributed by atoms with van der Waals surface area (Å²) in [5.74, 6) is 1.15. The highest BCUT2D eigenvalue weighted by atomic mass is 15.1. The van der Waals surface area contributed by atoms with Crippen molar-refractivity contribution < 1.29 is 0 Å². The van der Waals surface area contributed by atoms with Crippen LogP contribution in [0.3, 0.4) is 0 Å². The fourth-order valence-corrected chi connectivity index (χ4v) is 2.39. The Labute approximate surface area is 119 Å². The predicted molar refractivity (Wildman–Crippen MR) is 81.6 cm³/mol. The summed E-state index contributed by atoms with van der Waals surface area (Å²) in [5, 5.41) is 0. The van der Waals surface area contributed by atoms with E-state index in [0.29, 0.717) is 0 Å². The van der Waals surface area contributed by atoms with Crippen molar-refractivity contribution in [1.82, 2.24) is 9.55 Å². The summed E-state index contributed by atoms with van der Waals surface area (Å²) < 4.78 is 2.23.